The Kier molecular flexibility index (Phi) is 2.13. The lowest BCUT2D eigenvalue weighted by Gasteiger charge is -1.99. The van der Waals surface area contributed by atoms with Crippen molar-refractivity contribution in [3.63, 3.8) is 0 Å². The number of nitrogens with two attached hydrogens (primary N) is 1. The van der Waals surface area contributed by atoms with Gasteiger partial charge in [-0.3, -0.25) is 4.57 Å². The van der Waals surface area contributed by atoms with E-state index in [0.29, 0.717) is 5.82 Å². The normalized spacial score (nSPS) is 10.2. The summed E-state index contributed by atoms with van der Waals surface area (Å²) in [5.41, 5.74) is 5.52. The van der Waals surface area contributed by atoms with Crippen LogP contribution in [0.25, 0.3) is 5.82 Å². The minimum atomic E-state index is 0.453. The second-order valence-electron chi connectivity index (χ2n) is 2.40. The van der Waals surface area contributed by atoms with Crippen LogP contribution in [-0.2, 0) is 0 Å². The highest BCUT2D eigenvalue weighted by Gasteiger charge is 1.99. The molecule has 13 heavy (non-hydrogen) atoms. The minimum Gasteiger partial charge on any atom is -0.384 e. The van der Waals surface area contributed by atoms with Crippen molar-refractivity contribution in [1.29, 1.82) is 0 Å². The predicted molar refractivity (Wildman–Crippen MR) is 56.3 cm³/mol. The van der Waals surface area contributed by atoms with Crippen LogP contribution in [0.4, 0.5) is 5.82 Å². The van der Waals surface area contributed by atoms with Crippen LogP contribution in [-0.4, -0.2) is 19.5 Å². The Balaban J connectivity index is 2.46. The first-order chi connectivity index (χ1) is 6.25. The fourth-order valence-corrected chi connectivity index (χ4v) is 1.35. The molecule has 2 heterocycles. The average Bonchev–Trinajstić information content (AvgIpc) is 2.52. The van der Waals surface area contributed by atoms with E-state index in [9.17, 15) is 0 Å². The van der Waals surface area contributed by atoms with Gasteiger partial charge in [0, 0.05) is 12.3 Å². The highest BCUT2D eigenvalue weighted by atomic mass is 127. The third-order valence-corrected chi connectivity index (χ3v) is 2.05. The zero-order valence-electron chi connectivity index (χ0n) is 6.55. The van der Waals surface area contributed by atoms with Gasteiger partial charge in [0.2, 0.25) is 0 Å². The van der Waals surface area contributed by atoms with Gasteiger partial charge in [0.05, 0.1) is 0 Å². The Morgan fingerprint density at radius 1 is 1.31 bits per heavy atom. The number of imidazole rings is 1. The summed E-state index contributed by atoms with van der Waals surface area (Å²) in [5, 5.41) is 0. The van der Waals surface area contributed by atoms with Crippen LogP contribution >= 0.6 is 22.6 Å². The Bertz CT molecular complexity index is 424. The van der Waals surface area contributed by atoms with E-state index in [0.717, 1.165) is 9.52 Å². The summed E-state index contributed by atoms with van der Waals surface area (Å²) in [7, 11) is 0. The standard InChI is InChI=1S/C7H6IN5/c8-5-2-13(4-12-5)7-1-6(9)10-3-11-7/h1-4H,(H2,9,10,11). The molecule has 2 rings (SSSR count). The number of rotatable bonds is 1. The summed E-state index contributed by atoms with van der Waals surface area (Å²) in [5.74, 6) is 1.18. The van der Waals surface area contributed by atoms with Gasteiger partial charge < -0.3 is 5.73 Å². The molecule has 2 aromatic heterocycles. The molecule has 0 radical (unpaired) electrons. The van der Waals surface area contributed by atoms with E-state index in [-0.39, 0.29) is 0 Å². The van der Waals surface area contributed by atoms with E-state index in [1.165, 1.54) is 6.33 Å². The van der Waals surface area contributed by atoms with Gasteiger partial charge in [-0.2, -0.15) is 0 Å². The minimum absolute atomic E-state index is 0.453. The van der Waals surface area contributed by atoms with Crippen LogP contribution < -0.4 is 5.73 Å². The molecule has 5 nitrogen and oxygen atoms in total. The highest BCUT2D eigenvalue weighted by Crippen LogP contribution is 2.08. The Labute approximate surface area is 88.2 Å². The summed E-state index contributed by atoms with van der Waals surface area (Å²) in [4.78, 5) is 11.9. The lowest BCUT2D eigenvalue weighted by atomic mass is 10.5. The number of hydrogen-bond acceptors (Lipinski definition) is 4. The third-order valence-electron chi connectivity index (χ3n) is 1.49. The molecule has 66 valence electrons. The van der Waals surface area contributed by atoms with Gasteiger partial charge in [0.15, 0.2) is 0 Å². The number of anilines is 1. The zero-order valence-corrected chi connectivity index (χ0v) is 8.71. The average molecular weight is 287 g/mol. The van der Waals surface area contributed by atoms with Crippen molar-refractivity contribution in [2.75, 3.05) is 5.73 Å². The maximum absolute atomic E-state index is 5.52. The molecule has 0 atom stereocenters. The fourth-order valence-electron chi connectivity index (χ4n) is 0.927. The van der Waals surface area contributed by atoms with Gasteiger partial charge in [-0.05, 0) is 22.6 Å². The molecule has 2 N–H and O–H groups in total. The quantitative estimate of drug-likeness (QED) is 0.789. The van der Waals surface area contributed by atoms with Crippen molar-refractivity contribution in [2.24, 2.45) is 0 Å². The van der Waals surface area contributed by atoms with E-state index in [2.05, 4.69) is 37.5 Å². The van der Waals surface area contributed by atoms with Crippen LogP contribution in [0.5, 0.6) is 0 Å². The van der Waals surface area contributed by atoms with Crippen molar-refractivity contribution in [2.45, 2.75) is 0 Å². The van der Waals surface area contributed by atoms with Gasteiger partial charge in [-0.1, -0.05) is 0 Å². The number of nitrogen functional groups attached to an aromatic ring is 1. The van der Waals surface area contributed by atoms with E-state index in [4.69, 9.17) is 5.73 Å². The monoisotopic (exact) mass is 287 g/mol. The second kappa shape index (κ2) is 3.29. The molecule has 0 unspecified atom stereocenters. The summed E-state index contributed by atoms with van der Waals surface area (Å²) < 4.78 is 2.70. The third kappa shape index (κ3) is 1.77. The van der Waals surface area contributed by atoms with E-state index >= 15 is 0 Å². The van der Waals surface area contributed by atoms with Crippen LogP contribution in [0.1, 0.15) is 0 Å². The molecule has 0 saturated heterocycles. The first-order valence-corrected chi connectivity index (χ1v) is 4.61. The first kappa shape index (κ1) is 8.42. The molecule has 6 heteroatoms. The van der Waals surface area contributed by atoms with Crippen molar-refractivity contribution in [1.82, 2.24) is 19.5 Å². The van der Waals surface area contributed by atoms with Crippen LogP contribution in [0.2, 0.25) is 0 Å². The fraction of sp³-hybridized carbons (Fsp3) is 0. The number of hydrogen-bond donors (Lipinski definition) is 1. The smallest absolute Gasteiger partial charge is 0.143 e. The molecule has 0 amide bonds. The highest BCUT2D eigenvalue weighted by molar-refractivity contribution is 14.1. The van der Waals surface area contributed by atoms with E-state index in [1.807, 2.05) is 6.20 Å². The van der Waals surface area contributed by atoms with Gasteiger partial charge in [0.1, 0.15) is 28.0 Å². The van der Waals surface area contributed by atoms with Gasteiger partial charge in [-0.25, -0.2) is 15.0 Å². The number of aromatic nitrogens is 4. The van der Waals surface area contributed by atoms with Crippen molar-refractivity contribution >= 4 is 28.4 Å². The van der Waals surface area contributed by atoms with Crippen LogP contribution in [0.15, 0.2) is 24.9 Å². The van der Waals surface area contributed by atoms with Crippen LogP contribution in [0.3, 0.4) is 0 Å². The van der Waals surface area contributed by atoms with Gasteiger partial charge >= 0.3 is 0 Å². The number of halogens is 1. The largest absolute Gasteiger partial charge is 0.384 e. The lowest BCUT2D eigenvalue weighted by Crippen LogP contribution is -1.98. The van der Waals surface area contributed by atoms with E-state index < -0.39 is 0 Å². The Hall–Kier alpha value is -1.18. The Morgan fingerprint density at radius 3 is 2.77 bits per heavy atom. The molecule has 0 aliphatic carbocycles. The molecule has 0 aliphatic heterocycles. The molecule has 0 spiro atoms. The summed E-state index contributed by atoms with van der Waals surface area (Å²) in [6, 6.07) is 1.69. The molecular weight excluding hydrogens is 281 g/mol. The maximum Gasteiger partial charge on any atom is 0.143 e. The topological polar surface area (TPSA) is 69.6 Å². The summed E-state index contributed by atoms with van der Waals surface area (Å²) >= 11 is 2.13. The van der Waals surface area contributed by atoms with Crippen molar-refractivity contribution in [3.05, 3.63) is 28.6 Å². The molecule has 0 bridgehead atoms. The SMILES string of the molecule is Nc1cc(-n2cnc(I)c2)ncn1. The van der Waals surface area contributed by atoms with Crippen molar-refractivity contribution < 1.29 is 0 Å². The second-order valence-corrected chi connectivity index (χ2v) is 3.51. The predicted octanol–water partition coefficient (Wildman–Crippen LogP) is 0.849. The number of nitrogens with zero attached hydrogens (tertiary/aromatic N) is 4. The van der Waals surface area contributed by atoms with Gasteiger partial charge in [-0.15, -0.1) is 0 Å². The Morgan fingerprint density at radius 2 is 2.15 bits per heavy atom. The molecule has 0 saturated carbocycles. The molecule has 0 fully saturated rings. The molecule has 0 aromatic carbocycles. The zero-order chi connectivity index (χ0) is 9.26. The van der Waals surface area contributed by atoms with Crippen LogP contribution in [0, 0.1) is 3.70 Å². The van der Waals surface area contributed by atoms with Gasteiger partial charge in [0.25, 0.3) is 0 Å². The lowest BCUT2D eigenvalue weighted by molar-refractivity contribution is 0.974. The molecular formula is C7H6IN5. The van der Waals surface area contributed by atoms with E-state index in [1.54, 1.807) is 17.0 Å². The summed E-state index contributed by atoms with van der Waals surface area (Å²) in [6.45, 7) is 0. The summed E-state index contributed by atoms with van der Waals surface area (Å²) in [6.07, 6.45) is 4.98. The molecule has 0 aliphatic rings. The van der Waals surface area contributed by atoms with Crippen molar-refractivity contribution in [3.8, 4) is 5.82 Å². The maximum atomic E-state index is 5.52. The molecule has 2 aromatic rings. The first-order valence-electron chi connectivity index (χ1n) is 3.53.